The van der Waals surface area contributed by atoms with Gasteiger partial charge in [-0.2, -0.15) is 0 Å². The number of hydrogen-bond donors (Lipinski definition) is 1. The molecule has 5 nitrogen and oxygen atoms in total. The van der Waals surface area contributed by atoms with Crippen LogP contribution in [0.4, 0.5) is 5.95 Å². The normalized spacial score (nSPS) is 14.1. The van der Waals surface area contributed by atoms with Crippen LogP contribution in [0.2, 0.25) is 0 Å². The molecule has 1 aliphatic rings. The topological polar surface area (TPSA) is 64.1 Å². The van der Waals surface area contributed by atoms with E-state index in [0.717, 1.165) is 30.0 Å². The standard InChI is InChI=1S/C19H23N3O2/c1-4-17(18(23)22-19-20-12(2)10-13(3)21-19)24-16-9-8-14-6-5-7-15(14)11-16/h8-11,17H,4-7H2,1-3H3,(H,20,21,22,23). The van der Waals surface area contributed by atoms with Gasteiger partial charge in [-0.3, -0.25) is 10.1 Å². The summed E-state index contributed by atoms with van der Waals surface area (Å²) in [5.74, 6) is 0.857. The Kier molecular flexibility index (Phi) is 4.79. The van der Waals surface area contributed by atoms with E-state index in [-0.39, 0.29) is 5.91 Å². The fourth-order valence-corrected chi connectivity index (χ4v) is 3.08. The number of nitrogens with one attached hydrogen (secondary N) is 1. The second-order valence-electron chi connectivity index (χ2n) is 6.26. The predicted molar refractivity (Wildman–Crippen MR) is 93.3 cm³/mol. The van der Waals surface area contributed by atoms with Gasteiger partial charge in [0.25, 0.3) is 5.91 Å². The molecule has 1 aromatic carbocycles. The summed E-state index contributed by atoms with van der Waals surface area (Å²) in [5, 5.41) is 2.76. The lowest BCUT2D eigenvalue weighted by atomic mass is 10.1. The summed E-state index contributed by atoms with van der Waals surface area (Å²) in [7, 11) is 0. The molecule has 24 heavy (non-hydrogen) atoms. The first-order chi connectivity index (χ1) is 11.5. The van der Waals surface area contributed by atoms with Crippen LogP contribution in [-0.2, 0) is 17.6 Å². The van der Waals surface area contributed by atoms with Crippen LogP contribution in [0, 0.1) is 13.8 Å². The van der Waals surface area contributed by atoms with E-state index in [1.54, 1.807) is 0 Å². The van der Waals surface area contributed by atoms with Crippen LogP contribution in [0.5, 0.6) is 5.75 Å². The van der Waals surface area contributed by atoms with Gasteiger partial charge in [-0.05, 0) is 68.9 Å². The molecule has 1 heterocycles. The van der Waals surface area contributed by atoms with Crippen molar-refractivity contribution in [1.82, 2.24) is 9.97 Å². The van der Waals surface area contributed by atoms with Crippen molar-refractivity contribution in [3.05, 3.63) is 46.8 Å². The molecule has 0 spiro atoms. The SMILES string of the molecule is CCC(Oc1ccc2c(c1)CCC2)C(=O)Nc1nc(C)cc(C)n1. The Bertz CT molecular complexity index is 738. The van der Waals surface area contributed by atoms with E-state index in [1.807, 2.05) is 32.9 Å². The number of aryl methyl sites for hydroxylation is 4. The Morgan fingerprint density at radius 1 is 1.17 bits per heavy atom. The van der Waals surface area contributed by atoms with Crippen molar-refractivity contribution >= 4 is 11.9 Å². The Hall–Kier alpha value is -2.43. The minimum atomic E-state index is -0.561. The molecule has 0 radical (unpaired) electrons. The van der Waals surface area contributed by atoms with Gasteiger partial charge in [0, 0.05) is 11.4 Å². The van der Waals surface area contributed by atoms with Crippen molar-refractivity contribution in [2.75, 3.05) is 5.32 Å². The molecule has 0 fully saturated rings. The van der Waals surface area contributed by atoms with Gasteiger partial charge in [-0.25, -0.2) is 9.97 Å². The zero-order valence-corrected chi connectivity index (χ0v) is 14.4. The molecule has 1 amide bonds. The Morgan fingerprint density at radius 2 is 1.88 bits per heavy atom. The molecule has 3 rings (SSSR count). The van der Waals surface area contributed by atoms with Crippen molar-refractivity contribution < 1.29 is 9.53 Å². The second-order valence-corrected chi connectivity index (χ2v) is 6.26. The minimum absolute atomic E-state index is 0.219. The predicted octanol–water partition coefficient (Wildman–Crippen LogP) is 3.38. The summed E-state index contributed by atoms with van der Waals surface area (Å²) in [6, 6.07) is 7.99. The molecule has 0 saturated carbocycles. The number of fused-ring (bicyclic) bond motifs is 1. The van der Waals surface area contributed by atoms with E-state index in [1.165, 1.54) is 17.5 Å². The molecule has 0 saturated heterocycles. The van der Waals surface area contributed by atoms with Crippen LogP contribution in [0.3, 0.4) is 0 Å². The molecule has 0 aliphatic heterocycles. The van der Waals surface area contributed by atoms with Gasteiger partial charge >= 0.3 is 0 Å². The van der Waals surface area contributed by atoms with Gasteiger partial charge in [-0.1, -0.05) is 13.0 Å². The molecule has 0 bridgehead atoms. The highest BCUT2D eigenvalue weighted by Gasteiger charge is 2.21. The lowest BCUT2D eigenvalue weighted by Gasteiger charge is -2.17. The number of ether oxygens (including phenoxy) is 1. The fraction of sp³-hybridized carbons (Fsp3) is 0.421. The van der Waals surface area contributed by atoms with Crippen LogP contribution in [0.1, 0.15) is 42.3 Å². The minimum Gasteiger partial charge on any atom is -0.481 e. The number of carbonyl (C=O) groups is 1. The van der Waals surface area contributed by atoms with Gasteiger partial charge in [-0.15, -0.1) is 0 Å². The van der Waals surface area contributed by atoms with E-state index in [4.69, 9.17) is 4.74 Å². The molecule has 1 atom stereocenters. The van der Waals surface area contributed by atoms with E-state index in [9.17, 15) is 4.79 Å². The quantitative estimate of drug-likeness (QED) is 0.915. The number of hydrogen-bond acceptors (Lipinski definition) is 4. The molecule has 1 aliphatic carbocycles. The summed E-state index contributed by atoms with van der Waals surface area (Å²) < 4.78 is 5.92. The van der Waals surface area contributed by atoms with E-state index < -0.39 is 6.10 Å². The van der Waals surface area contributed by atoms with E-state index in [0.29, 0.717) is 12.4 Å². The van der Waals surface area contributed by atoms with Gasteiger partial charge in [0.05, 0.1) is 0 Å². The van der Waals surface area contributed by atoms with Crippen molar-refractivity contribution in [2.45, 2.75) is 52.6 Å². The van der Waals surface area contributed by atoms with Crippen molar-refractivity contribution in [3.8, 4) is 5.75 Å². The van der Waals surface area contributed by atoms with Crippen LogP contribution < -0.4 is 10.1 Å². The maximum absolute atomic E-state index is 12.5. The fourth-order valence-electron chi connectivity index (χ4n) is 3.08. The molecule has 126 valence electrons. The molecule has 5 heteroatoms. The van der Waals surface area contributed by atoms with E-state index in [2.05, 4.69) is 27.4 Å². The second kappa shape index (κ2) is 6.99. The van der Waals surface area contributed by atoms with Crippen LogP contribution in [0.25, 0.3) is 0 Å². The van der Waals surface area contributed by atoms with Gasteiger partial charge < -0.3 is 4.74 Å². The highest BCUT2D eigenvalue weighted by Crippen LogP contribution is 2.26. The maximum atomic E-state index is 12.5. The summed E-state index contributed by atoms with van der Waals surface area (Å²) >= 11 is 0. The first kappa shape index (κ1) is 16.4. The molecule has 1 unspecified atom stereocenters. The first-order valence-corrected chi connectivity index (χ1v) is 8.46. The average Bonchev–Trinajstić information content (AvgIpc) is 2.99. The number of aromatic nitrogens is 2. The van der Waals surface area contributed by atoms with E-state index >= 15 is 0 Å². The number of nitrogens with zero attached hydrogens (tertiary/aromatic N) is 2. The smallest absolute Gasteiger partial charge is 0.267 e. The average molecular weight is 325 g/mol. The lowest BCUT2D eigenvalue weighted by Crippen LogP contribution is -2.33. The van der Waals surface area contributed by atoms with Crippen LogP contribution >= 0.6 is 0 Å². The monoisotopic (exact) mass is 325 g/mol. The Morgan fingerprint density at radius 3 is 2.58 bits per heavy atom. The first-order valence-electron chi connectivity index (χ1n) is 8.46. The summed E-state index contributed by atoms with van der Waals surface area (Å²) in [5.41, 5.74) is 4.37. The molecular weight excluding hydrogens is 302 g/mol. The zero-order chi connectivity index (χ0) is 17.1. The lowest BCUT2D eigenvalue weighted by molar-refractivity contribution is -0.122. The number of anilines is 1. The van der Waals surface area contributed by atoms with Crippen LogP contribution in [0.15, 0.2) is 24.3 Å². The van der Waals surface area contributed by atoms with Gasteiger partial charge in [0.15, 0.2) is 6.10 Å². The Balaban J connectivity index is 1.70. The Labute approximate surface area is 142 Å². The largest absolute Gasteiger partial charge is 0.481 e. The molecule has 1 N–H and O–H groups in total. The van der Waals surface area contributed by atoms with Gasteiger partial charge in [0.1, 0.15) is 5.75 Å². The number of carbonyl (C=O) groups excluding carboxylic acids is 1. The third-order valence-corrected chi connectivity index (χ3v) is 4.23. The summed E-state index contributed by atoms with van der Waals surface area (Å²) in [6.07, 6.45) is 3.44. The van der Waals surface area contributed by atoms with Gasteiger partial charge in [0.2, 0.25) is 5.95 Å². The number of benzene rings is 1. The zero-order valence-electron chi connectivity index (χ0n) is 14.4. The van der Waals surface area contributed by atoms with Crippen molar-refractivity contribution in [2.24, 2.45) is 0 Å². The third kappa shape index (κ3) is 3.72. The van der Waals surface area contributed by atoms with Crippen molar-refractivity contribution in [3.63, 3.8) is 0 Å². The highest BCUT2D eigenvalue weighted by atomic mass is 16.5. The molecular formula is C19H23N3O2. The number of rotatable bonds is 5. The van der Waals surface area contributed by atoms with Crippen molar-refractivity contribution in [1.29, 1.82) is 0 Å². The summed E-state index contributed by atoms with van der Waals surface area (Å²) in [4.78, 5) is 21.0. The summed E-state index contributed by atoms with van der Waals surface area (Å²) in [6.45, 7) is 5.69. The molecule has 2 aromatic rings. The van der Waals surface area contributed by atoms with Crippen LogP contribution in [-0.4, -0.2) is 22.0 Å². The maximum Gasteiger partial charge on any atom is 0.267 e. The number of amides is 1. The third-order valence-electron chi connectivity index (χ3n) is 4.23. The molecule has 1 aromatic heterocycles. The highest BCUT2D eigenvalue weighted by molar-refractivity contribution is 5.92.